The molecule has 0 spiro atoms. The van der Waals surface area contributed by atoms with Crippen molar-refractivity contribution < 1.29 is 4.79 Å². The number of anilines is 1. The van der Waals surface area contributed by atoms with Crippen LogP contribution < -0.4 is 5.73 Å². The smallest absolute Gasteiger partial charge is 0.228 e. The lowest BCUT2D eigenvalue weighted by atomic mass is 10.00. The summed E-state index contributed by atoms with van der Waals surface area (Å²) in [6.07, 6.45) is 2.67. The third-order valence-corrected chi connectivity index (χ3v) is 5.42. The summed E-state index contributed by atoms with van der Waals surface area (Å²) in [7, 11) is 0. The van der Waals surface area contributed by atoms with Crippen LogP contribution in [0.1, 0.15) is 25.5 Å². The van der Waals surface area contributed by atoms with Crippen molar-refractivity contribution in [2.45, 2.75) is 26.2 Å². The lowest BCUT2D eigenvalue weighted by molar-refractivity contribution is -0.132. The van der Waals surface area contributed by atoms with E-state index in [1.807, 2.05) is 22.4 Å². The molecular formula is C17H20ClN3OS. The van der Waals surface area contributed by atoms with Gasteiger partial charge in [-0.15, -0.1) is 11.3 Å². The normalized spacial score (nSPS) is 18.2. The van der Waals surface area contributed by atoms with E-state index in [0.717, 1.165) is 35.8 Å². The van der Waals surface area contributed by atoms with Crippen molar-refractivity contribution in [2.24, 2.45) is 5.92 Å². The fraction of sp³-hybridized carbons (Fsp3) is 0.412. The quantitative estimate of drug-likeness (QED) is 0.856. The highest BCUT2D eigenvalue weighted by Crippen LogP contribution is 2.29. The monoisotopic (exact) mass is 349 g/mol. The number of amides is 1. The lowest BCUT2D eigenvalue weighted by Crippen LogP contribution is -2.39. The second kappa shape index (κ2) is 6.89. The molecule has 1 atom stereocenters. The molecule has 23 heavy (non-hydrogen) atoms. The van der Waals surface area contributed by atoms with Crippen LogP contribution in [0.2, 0.25) is 5.02 Å². The van der Waals surface area contributed by atoms with E-state index >= 15 is 0 Å². The summed E-state index contributed by atoms with van der Waals surface area (Å²) in [5.41, 5.74) is 8.13. The maximum absolute atomic E-state index is 12.4. The number of hydrogen-bond donors (Lipinski definition) is 1. The zero-order valence-electron chi connectivity index (χ0n) is 13.1. The molecule has 1 amide bonds. The molecule has 1 aliphatic rings. The third kappa shape index (κ3) is 3.85. The summed E-state index contributed by atoms with van der Waals surface area (Å²) >= 11 is 7.47. The zero-order valence-corrected chi connectivity index (χ0v) is 14.7. The maximum Gasteiger partial charge on any atom is 0.228 e. The average molecular weight is 350 g/mol. The Labute approximate surface area is 145 Å². The van der Waals surface area contributed by atoms with E-state index in [-0.39, 0.29) is 5.91 Å². The van der Waals surface area contributed by atoms with Crippen molar-refractivity contribution in [3.8, 4) is 10.6 Å². The van der Waals surface area contributed by atoms with Gasteiger partial charge in [0.05, 0.1) is 22.8 Å². The number of carbonyl (C=O) groups excluding carboxylic acids is 1. The molecule has 4 nitrogen and oxygen atoms in total. The predicted molar refractivity (Wildman–Crippen MR) is 95.7 cm³/mol. The van der Waals surface area contributed by atoms with Crippen LogP contribution in [-0.4, -0.2) is 28.9 Å². The van der Waals surface area contributed by atoms with E-state index in [1.165, 1.54) is 17.8 Å². The molecular weight excluding hydrogens is 330 g/mol. The zero-order chi connectivity index (χ0) is 16.4. The highest BCUT2D eigenvalue weighted by molar-refractivity contribution is 7.13. The van der Waals surface area contributed by atoms with Crippen molar-refractivity contribution in [1.82, 2.24) is 9.88 Å². The van der Waals surface area contributed by atoms with E-state index in [4.69, 9.17) is 17.3 Å². The molecule has 0 aliphatic carbocycles. The second-order valence-electron chi connectivity index (χ2n) is 6.14. The van der Waals surface area contributed by atoms with Gasteiger partial charge in [0.2, 0.25) is 5.91 Å². The van der Waals surface area contributed by atoms with Crippen LogP contribution in [0.15, 0.2) is 23.6 Å². The number of rotatable bonds is 3. The predicted octanol–water partition coefficient (Wildman–Crippen LogP) is 3.85. The lowest BCUT2D eigenvalue weighted by Gasteiger charge is -2.30. The summed E-state index contributed by atoms with van der Waals surface area (Å²) in [5, 5.41) is 3.36. The van der Waals surface area contributed by atoms with Gasteiger partial charge in [-0.25, -0.2) is 4.98 Å². The topological polar surface area (TPSA) is 59.2 Å². The first-order chi connectivity index (χ1) is 11.0. The van der Waals surface area contributed by atoms with E-state index < -0.39 is 0 Å². The summed E-state index contributed by atoms with van der Waals surface area (Å²) in [6.45, 7) is 3.93. The number of hydrogen-bond acceptors (Lipinski definition) is 4. The molecule has 0 radical (unpaired) electrons. The van der Waals surface area contributed by atoms with Gasteiger partial charge in [-0.3, -0.25) is 4.79 Å². The van der Waals surface area contributed by atoms with Crippen LogP contribution in [0.4, 0.5) is 5.69 Å². The van der Waals surface area contributed by atoms with Crippen molar-refractivity contribution >= 4 is 34.5 Å². The molecule has 122 valence electrons. The van der Waals surface area contributed by atoms with Crippen LogP contribution in [0.25, 0.3) is 10.6 Å². The van der Waals surface area contributed by atoms with Crippen LogP contribution in [0.3, 0.4) is 0 Å². The number of aromatic nitrogens is 1. The minimum absolute atomic E-state index is 0.170. The minimum Gasteiger partial charge on any atom is -0.398 e. The molecule has 2 N–H and O–H groups in total. The molecule has 1 aromatic heterocycles. The molecule has 1 saturated heterocycles. The summed E-state index contributed by atoms with van der Waals surface area (Å²) in [5.74, 6) is 0.764. The molecule has 1 unspecified atom stereocenters. The number of piperidine rings is 1. The van der Waals surface area contributed by atoms with Crippen molar-refractivity contribution in [3.05, 3.63) is 34.3 Å². The average Bonchev–Trinajstić information content (AvgIpc) is 2.98. The Morgan fingerprint density at radius 3 is 3.09 bits per heavy atom. The standard InChI is InChI=1S/C17H20ClN3OS/c1-11-3-2-6-21(9-11)16(22)8-13-10-23-17(20-13)12-4-5-14(18)15(19)7-12/h4-5,7,10-11H,2-3,6,8-9,19H2,1H3. The molecule has 1 aliphatic heterocycles. The number of halogens is 1. The number of nitrogens with zero attached hydrogens (tertiary/aromatic N) is 2. The Morgan fingerprint density at radius 2 is 2.35 bits per heavy atom. The Balaban J connectivity index is 1.69. The van der Waals surface area contributed by atoms with Gasteiger partial charge in [-0.05, 0) is 30.9 Å². The number of likely N-dealkylation sites (tertiary alicyclic amines) is 1. The fourth-order valence-electron chi connectivity index (χ4n) is 2.88. The first-order valence-electron chi connectivity index (χ1n) is 7.80. The number of nitrogens with two attached hydrogens (primary N) is 1. The number of nitrogen functional groups attached to an aromatic ring is 1. The van der Waals surface area contributed by atoms with Gasteiger partial charge in [0.1, 0.15) is 5.01 Å². The minimum atomic E-state index is 0.170. The Morgan fingerprint density at radius 1 is 1.52 bits per heavy atom. The molecule has 0 bridgehead atoms. The van der Waals surface area contributed by atoms with Crippen molar-refractivity contribution in [3.63, 3.8) is 0 Å². The number of carbonyl (C=O) groups is 1. The van der Waals surface area contributed by atoms with E-state index in [9.17, 15) is 4.79 Å². The SMILES string of the molecule is CC1CCCN(C(=O)Cc2csc(-c3ccc(Cl)c(N)c3)n2)C1. The van der Waals surface area contributed by atoms with Crippen molar-refractivity contribution in [1.29, 1.82) is 0 Å². The van der Waals surface area contributed by atoms with E-state index in [2.05, 4.69) is 11.9 Å². The molecule has 2 aromatic rings. The van der Waals surface area contributed by atoms with Gasteiger partial charge >= 0.3 is 0 Å². The molecule has 2 heterocycles. The first kappa shape index (κ1) is 16.3. The van der Waals surface area contributed by atoms with Crippen LogP contribution in [0, 0.1) is 5.92 Å². The largest absolute Gasteiger partial charge is 0.398 e. The molecule has 3 rings (SSSR count). The van der Waals surface area contributed by atoms with Crippen molar-refractivity contribution in [2.75, 3.05) is 18.8 Å². The Bertz CT molecular complexity index is 716. The number of thiazole rings is 1. The Hall–Kier alpha value is -1.59. The summed E-state index contributed by atoms with van der Waals surface area (Å²) in [6, 6.07) is 5.49. The van der Waals surface area contributed by atoms with Gasteiger partial charge in [0, 0.05) is 24.0 Å². The number of benzene rings is 1. The molecule has 6 heteroatoms. The van der Waals surface area contributed by atoms with Gasteiger partial charge < -0.3 is 10.6 Å². The second-order valence-corrected chi connectivity index (χ2v) is 7.41. The van der Waals surface area contributed by atoms with Gasteiger partial charge in [-0.2, -0.15) is 0 Å². The highest BCUT2D eigenvalue weighted by atomic mass is 35.5. The summed E-state index contributed by atoms with van der Waals surface area (Å²) in [4.78, 5) is 19.0. The molecule has 1 aromatic carbocycles. The van der Waals surface area contributed by atoms with Crippen LogP contribution >= 0.6 is 22.9 Å². The maximum atomic E-state index is 12.4. The molecule has 0 saturated carbocycles. The first-order valence-corrected chi connectivity index (χ1v) is 9.06. The van der Waals surface area contributed by atoms with Gasteiger partial charge in [-0.1, -0.05) is 24.6 Å². The highest BCUT2D eigenvalue weighted by Gasteiger charge is 2.21. The van der Waals surface area contributed by atoms with Gasteiger partial charge in [0.15, 0.2) is 0 Å². The van der Waals surface area contributed by atoms with E-state index in [1.54, 1.807) is 6.07 Å². The third-order valence-electron chi connectivity index (χ3n) is 4.14. The Kier molecular flexibility index (Phi) is 4.87. The van der Waals surface area contributed by atoms with Gasteiger partial charge in [0.25, 0.3) is 0 Å². The summed E-state index contributed by atoms with van der Waals surface area (Å²) < 4.78 is 0. The van der Waals surface area contributed by atoms with Crippen LogP contribution in [-0.2, 0) is 11.2 Å². The van der Waals surface area contributed by atoms with Crippen LogP contribution in [0.5, 0.6) is 0 Å². The molecule has 1 fully saturated rings. The fourth-order valence-corrected chi connectivity index (χ4v) is 3.81. The van der Waals surface area contributed by atoms with E-state index in [0.29, 0.717) is 23.0 Å².